The molecule has 1 fully saturated rings. The van der Waals surface area contributed by atoms with Gasteiger partial charge in [-0.05, 0) is 65.7 Å². The molecule has 1 atom stereocenters. The second-order valence-corrected chi connectivity index (χ2v) is 7.41. The Kier molecular flexibility index (Phi) is 5.37. The lowest BCUT2D eigenvalue weighted by Crippen LogP contribution is -2.41. The van der Waals surface area contributed by atoms with Crippen molar-refractivity contribution in [1.29, 1.82) is 0 Å². The molecule has 9 nitrogen and oxygen atoms in total. The van der Waals surface area contributed by atoms with Crippen molar-refractivity contribution in [3.8, 4) is 11.4 Å². The Morgan fingerprint density at radius 3 is 2.70 bits per heavy atom. The zero-order chi connectivity index (χ0) is 21.1. The molecule has 2 aromatic carbocycles. The topological polar surface area (TPSA) is 102 Å². The van der Waals surface area contributed by atoms with Crippen LogP contribution in [-0.2, 0) is 10.3 Å². The van der Waals surface area contributed by atoms with E-state index in [4.69, 9.17) is 16.3 Å². The number of halogens is 1. The molecule has 1 saturated heterocycles. The normalized spacial score (nSPS) is 18.5. The van der Waals surface area contributed by atoms with E-state index in [0.717, 1.165) is 0 Å². The summed E-state index contributed by atoms with van der Waals surface area (Å²) in [7, 11) is 0. The van der Waals surface area contributed by atoms with E-state index < -0.39 is 11.6 Å². The van der Waals surface area contributed by atoms with Crippen LogP contribution in [0, 0.1) is 0 Å². The van der Waals surface area contributed by atoms with E-state index in [1.165, 1.54) is 15.9 Å². The van der Waals surface area contributed by atoms with E-state index in [2.05, 4.69) is 20.8 Å². The summed E-state index contributed by atoms with van der Waals surface area (Å²) in [5.74, 6) is 0.369. The van der Waals surface area contributed by atoms with Crippen molar-refractivity contribution in [3.63, 3.8) is 0 Å². The van der Waals surface area contributed by atoms with Crippen LogP contribution >= 0.6 is 11.6 Å². The molecule has 3 amide bonds. The number of aromatic nitrogens is 4. The third kappa shape index (κ3) is 3.84. The standard InChI is InChI=1S/C20H19ClN6O3/c1-20(14-4-2-5-16(12-14)27-13-22-24-25-27)18(28)26(19(29)23-20)10-3-11-30-17-8-6-15(21)7-9-17/h2,4-9,12-13H,3,10-11H2,1H3,(H,23,29)/t20-/m0/s1. The Bertz CT molecular complexity index is 1060. The SMILES string of the molecule is C[C@@]1(c2cccc(-n3cnnn3)c2)NC(=O)N(CCCOc2ccc(Cl)cc2)C1=O. The highest BCUT2D eigenvalue weighted by Gasteiger charge is 2.48. The molecule has 154 valence electrons. The van der Waals surface area contributed by atoms with Crippen LogP contribution in [0.15, 0.2) is 54.9 Å². The predicted molar refractivity (Wildman–Crippen MR) is 108 cm³/mol. The van der Waals surface area contributed by atoms with E-state index in [1.54, 1.807) is 49.4 Å². The van der Waals surface area contributed by atoms with Gasteiger partial charge in [0.25, 0.3) is 5.91 Å². The molecule has 0 bridgehead atoms. The summed E-state index contributed by atoms with van der Waals surface area (Å²) in [4.78, 5) is 26.8. The molecular formula is C20H19ClN6O3. The van der Waals surface area contributed by atoms with Gasteiger partial charge in [-0.15, -0.1) is 5.10 Å². The summed E-state index contributed by atoms with van der Waals surface area (Å²) in [6.07, 6.45) is 1.96. The van der Waals surface area contributed by atoms with Gasteiger partial charge in [0, 0.05) is 11.6 Å². The quantitative estimate of drug-likeness (QED) is 0.460. The molecule has 0 radical (unpaired) electrons. The number of carbonyl (C=O) groups is 2. The summed E-state index contributed by atoms with van der Waals surface area (Å²) in [5, 5.41) is 14.5. The van der Waals surface area contributed by atoms with Gasteiger partial charge in [-0.3, -0.25) is 9.69 Å². The number of benzene rings is 2. The summed E-state index contributed by atoms with van der Waals surface area (Å²) in [5.41, 5.74) is 0.169. The molecule has 30 heavy (non-hydrogen) atoms. The Labute approximate surface area is 177 Å². The van der Waals surface area contributed by atoms with E-state index in [1.807, 2.05) is 6.07 Å². The van der Waals surface area contributed by atoms with Crippen LogP contribution in [0.3, 0.4) is 0 Å². The molecule has 0 spiro atoms. The lowest BCUT2D eigenvalue weighted by Gasteiger charge is -2.22. The highest BCUT2D eigenvalue weighted by atomic mass is 35.5. The minimum Gasteiger partial charge on any atom is -0.494 e. The fourth-order valence-corrected chi connectivity index (χ4v) is 3.40. The number of ether oxygens (including phenoxy) is 1. The lowest BCUT2D eigenvalue weighted by atomic mass is 9.91. The van der Waals surface area contributed by atoms with Crippen LogP contribution in [0.4, 0.5) is 4.79 Å². The molecule has 2 heterocycles. The Hall–Kier alpha value is -3.46. The minimum atomic E-state index is -1.17. The van der Waals surface area contributed by atoms with Gasteiger partial charge in [-0.2, -0.15) is 0 Å². The Morgan fingerprint density at radius 2 is 1.97 bits per heavy atom. The Balaban J connectivity index is 1.41. The number of amides is 3. The first-order chi connectivity index (χ1) is 14.5. The van der Waals surface area contributed by atoms with Crippen LogP contribution in [0.5, 0.6) is 5.75 Å². The van der Waals surface area contributed by atoms with Crippen LogP contribution < -0.4 is 10.1 Å². The predicted octanol–water partition coefficient (Wildman–Crippen LogP) is 2.55. The molecule has 1 aliphatic rings. The summed E-state index contributed by atoms with van der Waals surface area (Å²) in [6.45, 7) is 2.31. The van der Waals surface area contributed by atoms with Gasteiger partial charge < -0.3 is 10.1 Å². The van der Waals surface area contributed by atoms with Crippen molar-refractivity contribution in [3.05, 3.63) is 65.4 Å². The average Bonchev–Trinajstić information content (AvgIpc) is 3.36. The van der Waals surface area contributed by atoms with Crippen molar-refractivity contribution in [1.82, 2.24) is 30.4 Å². The van der Waals surface area contributed by atoms with Gasteiger partial charge >= 0.3 is 6.03 Å². The molecule has 1 aromatic heterocycles. The molecule has 1 aliphatic heterocycles. The maximum atomic E-state index is 13.1. The highest BCUT2D eigenvalue weighted by Crippen LogP contribution is 2.30. The maximum Gasteiger partial charge on any atom is 0.325 e. The van der Waals surface area contributed by atoms with Crippen molar-refractivity contribution >= 4 is 23.5 Å². The number of hydrogen-bond acceptors (Lipinski definition) is 6. The molecule has 0 saturated carbocycles. The van der Waals surface area contributed by atoms with Crippen LogP contribution in [-0.4, -0.2) is 50.2 Å². The fourth-order valence-electron chi connectivity index (χ4n) is 3.28. The third-order valence-corrected chi connectivity index (χ3v) is 5.17. The van der Waals surface area contributed by atoms with E-state index in [-0.39, 0.29) is 12.5 Å². The number of nitrogens with one attached hydrogen (secondary N) is 1. The molecular weight excluding hydrogens is 408 g/mol. The number of imide groups is 1. The zero-order valence-corrected chi connectivity index (χ0v) is 16.9. The third-order valence-electron chi connectivity index (χ3n) is 4.92. The van der Waals surface area contributed by atoms with Gasteiger partial charge in [0.15, 0.2) is 0 Å². The lowest BCUT2D eigenvalue weighted by molar-refractivity contribution is -0.131. The van der Waals surface area contributed by atoms with E-state index in [9.17, 15) is 9.59 Å². The van der Waals surface area contributed by atoms with Gasteiger partial charge in [-0.1, -0.05) is 23.7 Å². The number of nitrogens with zero attached hydrogens (tertiary/aromatic N) is 5. The van der Waals surface area contributed by atoms with Gasteiger partial charge in [0.2, 0.25) is 0 Å². The zero-order valence-electron chi connectivity index (χ0n) is 16.2. The van der Waals surface area contributed by atoms with Crippen molar-refractivity contribution in [2.24, 2.45) is 0 Å². The van der Waals surface area contributed by atoms with E-state index in [0.29, 0.717) is 35.1 Å². The van der Waals surface area contributed by atoms with Crippen molar-refractivity contribution in [2.75, 3.05) is 13.2 Å². The van der Waals surface area contributed by atoms with Crippen LogP contribution in [0.1, 0.15) is 18.9 Å². The second kappa shape index (κ2) is 8.11. The van der Waals surface area contributed by atoms with Crippen LogP contribution in [0.2, 0.25) is 5.02 Å². The largest absolute Gasteiger partial charge is 0.494 e. The summed E-state index contributed by atoms with van der Waals surface area (Å²) >= 11 is 5.85. The summed E-state index contributed by atoms with van der Waals surface area (Å²) < 4.78 is 7.12. The van der Waals surface area contributed by atoms with Gasteiger partial charge in [0.1, 0.15) is 17.6 Å². The van der Waals surface area contributed by atoms with E-state index >= 15 is 0 Å². The molecule has 3 aromatic rings. The number of rotatable bonds is 7. The second-order valence-electron chi connectivity index (χ2n) is 6.97. The number of tetrazole rings is 1. The minimum absolute atomic E-state index is 0.251. The average molecular weight is 427 g/mol. The van der Waals surface area contributed by atoms with Crippen molar-refractivity contribution < 1.29 is 14.3 Å². The smallest absolute Gasteiger partial charge is 0.325 e. The molecule has 0 unspecified atom stereocenters. The molecule has 4 rings (SSSR count). The first-order valence-corrected chi connectivity index (χ1v) is 9.71. The Morgan fingerprint density at radius 1 is 1.17 bits per heavy atom. The highest BCUT2D eigenvalue weighted by molar-refractivity contribution is 6.30. The molecule has 0 aliphatic carbocycles. The van der Waals surface area contributed by atoms with Crippen molar-refractivity contribution in [2.45, 2.75) is 18.9 Å². The maximum absolute atomic E-state index is 13.1. The number of hydrogen-bond donors (Lipinski definition) is 1. The summed E-state index contributed by atoms with van der Waals surface area (Å²) in [6, 6.07) is 13.8. The number of urea groups is 1. The number of carbonyl (C=O) groups excluding carboxylic acids is 2. The molecule has 10 heteroatoms. The molecule has 1 N–H and O–H groups in total. The monoisotopic (exact) mass is 426 g/mol. The van der Waals surface area contributed by atoms with Crippen LogP contribution in [0.25, 0.3) is 5.69 Å². The van der Waals surface area contributed by atoms with Gasteiger partial charge in [-0.25, -0.2) is 9.48 Å². The first kappa shape index (κ1) is 19.8. The van der Waals surface area contributed by atoms with Gasteiger partial charge in [0.05, 0.1) is 12.3 Å². The fraction of sp³-hybridized carbons (Fsp3) is 0.250. The first-order valence-electron chi connectivity index (χ1n) is 9.34.